The van der Waals surface area contributed by atoms with Gasteiger partial charge in [0.05, 0.1) is 26.4 Å². The number of ether oxygens (including phenoxy) is 4. The number of rotatable bonds is 84. The van der Waals surface area contributed by atoms with Crippen LogP contribution in [0.3, 0.4) is 0 Å². The number of aliphatic hydroxyl groups is 1. The molecule has 0 bridgehead atoms. The van der Waals surface area contributed by atoms with Crippen LogP contribution >= 0.6 is 15.6 Å². The van der Waals surface area contributed by atoms with E-state index in [2.05, 4.69) is 34.6 Å². The number of hydrogen-bond acceptors (Lipinski definition) is 15. The molecule has 612 valence electrons. The number of phosphoric ester groups is 2. The normalized spacial score (nSPS) is 14.1. The number of unbranched alkanes of at least 4 members (excludes halogenated alkanes) is 55. The standard InChI is InChI=1S/C84H164O17P2/c1-6-10-13-16-19-21-23-25-27-29-31-33-34-36-38-40-42-44-49-54-59-64-69-83(88)101-80(74-95-82(87)68-63-58-53-48-43-41-39-37-35-32-30-28-26-24-22-20-17-14-11-7-2)76-99-103(92,93)97-72-78(85)71-96-102(90,91)98-75-79(73-94-81(86)67-62-57-51-18-15-12-8-3)100-84(89)70-65-60-55-50-46-45-47-52-56-61-66-77(5)9-4/h77-80,85H,6-76H2,1-5H3,(H,90,91)(H,92,93)/t77?,78-,79+,80+/m0/s1. The molecule has 0 radical (unpaired) electrons. The van der Waals surface area contributed by atoms with E-state index in [1.165, 1.54) is 263 Å². The fourth-order valence-electron chi connectivity index (χ4n) is 13.1. The SMILES string of the molecule is CCCCCCCCCCCCCCCCCCCCCCCCC(=O)O[C@H](COC(=O)CCCCCCCCCCCCCCCCCCCCCC)COP(=O)(O)OC[C@@H](O)COP(=O)(O)OC[C@@H](COC(=O)CCCCCCCCC)OC(=O)CCCCCCCCCCCCC(C)CC. The lowest BCUT2D eigenvalue weighted by Crippen LogP contribution is -2.30. The summed E-state index contributed by atoms with van der Waals surface area (Å²) in [7, 11) is -9.92. The molecule has 0 spiro atoms. The molecule has 0 aromatic carbocycles. The van der Waals surface area contributed by atoms with Crippen molar-refractivity contribution >= 4 is 39.5 Å². The summed E-state index contributed by atoms with van der Waals surface area (Å²) in [5, 5.41) is 10.6. The van der Waals surface area contributed by atoms with Crippen LogP contribution in [0.15, 0.2) is 0 Å². The molecule has 0 amide bonds. The second-order valence-electron chi connectivity index (χ2n) is 30.5. The molecule has 3 unspecified atom stereocenters. The van der Waals surface area contributed by atoms with Gasteiger partial charge in [-0.2, -0.15) is 0 Å². The summed E-state index contributed by atoms with van der Waals surface area (Å²) in [4.78, 5) is 73.0. The Kier molecular flexibility index (Phi) is 75.4. The van der Waals surface area contributed by atoms with Crippen LogP contribution in [0.4, 0.5) is 0 Å². The van der Waals surface area contributed by atoms with E-state index in [4.69, 9.17) is 37.0 Å². The van der Waals surface area contributed by atoms with Crippen molar-refractivity contribution in [1.29, 1.82) is 0 Å². The molecular formula is C84H164O17P2. The fourth-order valence-corrected chi connectivity index (χ4v) is 14.7. The van der Waals surface area contributed by atoms with Gasteiger partial charge in [0.15, 0.2) is 12.2 Å². The predicted molar refractivity (Wildman–Crippen MR) is 423 cm³/mol. The first-order valence-electron chi connectivity index (χ1n) is 43.7. The Morgan fingerprint density at radius 3 is 0.689 bits per heavy atom. The monoisotopic (exact) mass is 1510 g/mol. The minimum Gasteiger partial charge on any atom is -0.462 e. The molecule has 0 aliphatic carbocycles. The highest BCUT2D eigenvalue weighted by molar-refractivity contribution is 7.47. The first kappa shape index (κ1) is 101. The summed E-state index contributed by atoms with van der Waals surface area (Å²) < 4.78 is 68.7. The van der Waals surface area contributed by atoms with E-state index >= 15 is 0 Å². The number of carbonyl (C=O) groups is 4. The van der Waals surface area contributed by atoms with Crippen molar-refractivity contribution in [3.05, 3.63) is 0 Å². The molecule has 0 aromatic heterocycles. The van der Waals surface area contributed by atoms with Gasteiger partial charge in [-0.15, -0.1) is 0 Å². The largest absolute Gasteiger partial charge is 0.472 e. The Balaban J connectivity index is 5.15. The first-order valence-corrected chi connectivity index (χ1v) is 46.7. The van der Waals surface area contributed by atoms with Crippen LogP contribution in [0.1, 0.15) is 452 Å². The molecule has 0 aliphatic rings. The van der Waals surface area contributed by atoms with E-state index in [0.29, 0.717) is 25.7 Å². The molecule has 0 fully saturated rings. The minimum atomic E-state index is -4.96. The number of hydrogen-bond donors (Lipinski definition) is 3. The summed E-state index contributed by atoms with van der Waals surface area (Å²) in [6.07, 6.45) is 69.7. The molecule has 0 aliphatic heterocycles. The van der Waals surface area contributed by atoms with Crippen LogP contribution in [0.25, 0.3) is 0 Å². The van der Waals surface area contributed by atoms with Gasteiger partial charge in [0.2, 0.25) is 0 Å². The van der Waals surface area contributed by atoms with E-state index in [-0.39, 0.29) is 25.7 Å². The summed E-state index contributed by atoms with van der Waals surface area (Å²) in [5.41, 5.74) is 0. The van der Waals surface area contributed by atoms with Gasteiger partial charge in [-0.05, 0) is 31.6 Å². The predicted octanol–water partition coefficient (Wildman–Crippen LogP) is 25.6. The molecule has 0 saturated carbocycles. The molecule has 0 heterocycles. The smallest absolute Gasteiger partial charge is 0.462 e. The fraction of sp³-hybridized carbons (Fsp3) is 0.952. The molecule has 19 heteroatoms. The van der Waals surface area contributed by atoms with Gasteiger partial charge in [-0.25, -0.2) is 9.13 Å². The topological polar surface area (TPSA) is 237 Å². The van der Waals surface area contributed by atoms with Gasteiger partial charge < -0.3 is 33.8 Å². The molecular weight excluding hydrogens is 1340 g/mol. The van der Waals surface area contributed by atoms with Crippen LogP contribution in [-0.4, -0.2) is 96.7 Å². The van der Waals surface area contributed by atoms with Crippen molar-refractivity contribution in [2.45, 2.75) is 470 Å². The third kappa shape index (κ3) is 76.6. The Labute approximate surface area is 632 Å². The van der Waals surface area contributed by atoms with Crippen molar-refractivity contribution in [3.8, 4) is 0 Å². The Hall–Kier alpha value is -1.94. The highest BCUT2D eigenvalue weighted by Crippen LogP contribution is 2.45. The summed E-state index contributed by atoms with van der Waals surface area (Å²) in [5.74, 6) is -1.31. The quantitative estimate of drug-likeness (QED) is 0.0222. The van der Waals surface area contributed by atoms with Crippen LogP contribution < -0.4 is 0 Å². The number of aliphatic hydroxyl groups excluding tert-OH is 1. The zero-order valence-electron chi connectivity index (χ0n) is 67.5. The molecule has 103 heavy (non-hydrogen) atoms. The van der Waals surface area contributed by atoms with E-state index < -0.39 is 97.5 Å². The molecule has 6 atom stereocenters. The number of phosphoric acid groups is 2. The molecule has 3 N–H and O–H groups in total. The van der Waals surface area contributed by atoms with E-state index in [9.17, 15) is 43.2 Å². The van der Waals surface area contributed by atoms with Gasteiger partial charge in [0, 0.05) is 25.7 Å². The highest BCUT2D eigenvalue weighted by Gasteiger charge is 2.30. The summed E-state index contributed by atoms with van der Waals surface area (Å²) in [6, 6.07) is 0. The van der Waals surface area contributed by atoms with Crippen LogP contribution in [0.5, 0.6) is 0 Å². The Bertz CT molecular complexity index is 1960. The van der Waals surface area contributed by atoms with Gasteiger partial charge in [0.25, 0.3) is 0 Å². The zero-order valence-corrected chi connectivity index (χ0v) is 69.3. The second-order valence-corrected chi connectivity index (χ2v) is 33.4. The molecule has 0 aromatic rings. The first-order chi connectivity index (χ1) is 50.1. The molecule has 17 nitrogen and oxygen atoms in total. The summed E-state index contributed by atoms with van der Waals surface area (Å²) >= 11 is 0. The maximum Gasteiger partial charge on any atom is 0.472 e. The van der Waals surface area contributed by atoms with E-state index in [1.54, 1.807) is 0 Å². The van der Waals surface area contributed by atoms with E-state index in [1.807, 2.05) is 0 Å². The van der Waals surface area contributed by atoms with Crippen molar-refractivity contribution in [1.82, 2.24) is 0 Å². The average molecular weight is 1510 g/mol. The van der Waals surface area contributed by atoms with Crippen molar-refractivity contribution in [2.24, 2.45) is 5.92 Å². The molecule has 0 saturated heterocycles. The lowest BCUT2D eigenvalue weighted by Gasteiger charge is -2.21. The maximum atomic E-state index is 13.1. The van der Waals surface area contributed by atoms with Crippen molar-refractivity contribution < 1.29 is 80.2 Å². The third-order valence-electron chi connectivity index (χ3n) is 20.1. The number of esters is 4. The minimum absolute atomic E-state index is 0.106. The zero-order chi connectivity index (χ0) is 75.5. The number of carbonyl (C=O) groups excluding carboxylic acids is 4. The lowest BCUT2D eigenvalue weighted by atomic mass is 9.99. The molecule has 0 rings (SSSR count). The van der Waals surface area contributed by atoms with Gasteiger partial charge in [-0.3, -0.25) is 37.3 Å². The van der Waals surface area contributed by atoms with Gasteiger partial charge >= 0.3 is 39.5 Å². The maximum absolute atomic E-state index is 13.1. The third-order valence-corrected chi connectivity index (χ3v) is 22.0. The van der Waals surface area contributed by atoms with Gasteiger partial charge in [-0.1, -0.05) is 401 Å². The Morgan fingerprint density at radius 2 is 0.466 bits per heavy atom. The summed E-state index contributed by atoms with van der Waals surface area (Å²) in [6.45, 7) is 7.32. The van der Waals surface area contributed by atoms with Crippen molar-refractivity contribution in [3.63, 3.8) is 0 Å². The average Bonchev–Trinajstić information content (AvgIpc) is 0.927. The van der Waals surface area contributed by atoms with Gasteiger partial charge in [0.1, 0.15) is 19.3 Å². The van der Waals surface area contributed by atoms with E-state index in [0.717, 1.165) is 109 Å². The van der Waals surface area contributed by atoms with Crippen molar-refractivity contribution in [2.75, 3.05) is 39.6 Å². The van der Waals surface area contributed by atoms with Crippen LogP contribution in [-0.2, 0) is 65.4 Å². The highest BCUT2D eigenvalue weighted by atomic mass is 31.2. The second kappa shape index (κ2) is 76.8. The Morgan fingerprint density at radius 1 is 0.272 bits per heavy atom. The van der Waals surface area contributed by atoms with Crippen LogP contribution in [0, 0.1) is 5.92 Å². The van der Waals surface area contributed by atoms with Crippen LogP contribution in [0.2, 0.25) is 0 Å². The lowest BCUT2D eigenvalue weighted by molar-refractivity contribution is -0.161.